The Morgan fingerprint density at radius 3 is 2.89 bits per heavy atom. The molecule has 0 spiro atoms. The predicted molar refractivity (Wildman–Crippen MR) is 97.2 cm³/mol. The molecular weight excluding hydrogens is 367 g/mol. The summed E-state index contributed by atoms with van der Waals surface area (Å²) in [5, 5.41) is 3.88. The van der Waals surface area contributed by atoms with Crippen molar-refractivity contribution in [1.82, 2.24) is 10.1 Å². The molecule has 0 N–H and O–H groups in total. The Hall–Kier alpha value is -2.90. The summed E-state index contributed by atoms with van der Waals surface area (Å²) in [5.74, 6) is -0.945. The van der Waals surface area contributed by atoms with Crippen molar-refractivity contribution in [3.05, 3.63) is 47.1 Å². The summed E-state index contributed by atoms with van der Waals surface area (Å²) in [5.41, 5.74) is 0.588. The summed E-state index contributed by atoms with van der Waals surface area (Å²) in [6, 6.07) is 6.03. The van der Waals surface area contributed by atoms with Gasteiger partial charge >= 0.3 is 5.97 Å². The van der Waals surface area contributed by atoms with E-state index in [9.17, 15) is 14.0 Å². The van der Waals surface area contributed by atoms with E-state index in [0.29, 0.717) is 37.3 Å². The van der Waals surface area contributed by atoms with Crippen molar-refractivity contribution in [2.75, 3.05) is 19.7 Å². The molecule has 1 aromatic carbocycles. The second kappa shape index (κ2) is 8.86. The first-order chi connectivity index (χ1) is 13.5. The minimum absolute atomic E-state index is 0.0491. The normalized spacial score (nSPS) is 16.7. The number of amides is 1. The van der Waals surface area contributed by atoms with Gasteiger partial charge in [0.1, 0.15) is 12.4 Å². The fourth-order valence-electron chi connectivity index (χ4n) is 3.20. The molecule has 0 saturated carbocycles. The lowest BCUT2D eigenvalue weighted by atomic mass is 9.97. The van der Waals surface area contributed by atoms with E-state index < -0.39 is 5.82 Å². The number of nitrogens with zero attached hydrogens (tertiary/aromatic N) is 2. The smallest absolute Gasteiger partial charge is 0.310 e. The minimum Gasteiger partial charge on any atom is -0.486 e. The summed E-state index contributed by atoms with van der Waals surface area (Å²) in [4.78, 5) is 26.6. The summed E-state index contributed by atoms with van der Waals surface area (Å²) in [6.07, 6.45) is 1.39. The fourth-order valence-corrected chi connectivity index (χ4v) is 3.20. The second-order valence-corrected chi connectivity index (χ2v) is 6.63. The van der Waals surface area contributed by atoms with Gasteiger partial charge in [-0.15, -0.1) is 0 Å². The molecule has 1 amide bonds. The van der Waals surface area contributed by atoms with E-state index in [0.717, 1.165) is 0 Å². The molecule has 28 heavy (non-hydrogen) atoms. The van der Waals surface area contributed by atoms with E-state index in [1.54, 1.807) is 30.9 Å². The number of hydrogen-bond donors (Lipinski definition) is 0. The van der Waals surface area contributed by atoms with Crippen LogP contribution in [0.2, 0.25) is 0 Å². The number of para-hydroxylation sites is 1. The van der Waals surface area contributed by atoms with Crippen LogP contribution in [0.5, 0.6) is 5.75 Å². The van der Waals surface area contributed by atoms with Crippen molar-refractivity contribution in [1.29, 1.82) is 0 Å². The van der Waals surface area contributed by atoms with E-state index in [1.165, 1.54) is 12.1 Å². The van der Waals surface area contributed by atoms with Gasteiger partial charge in [-0.2, -0.15) is 0 Å². The molecule has 0 radical (unpaired) electrons. The number of benzene rings is 1. The van der Waals surface area contributed by atoms with Gasteiger partial charge < -0.3 is 18.9 Å². The number of likely N-dealkylation sites (tertiary alicyclic amines) is 1. The molecule has 1 saturated heterocycles. The molecular formula is C20H23FN2O5. The molecule has 1 unspecified atom stereocenters. The summed E-state index contributed by atoms with van der Waals surface area (Å²) in [7, 11) is 0. The lowest BCUT2D eigenvalue weighted by molar-refractivity contribution is -0.149. The Labute approximate surface area is 162 Å². The number of hydrogen-bond acceptors (Lipinski definition) is 6. The lowest BCUT2D eigenvalue weighted by Crippen LogP contribution is -2.43. The number of ether oxygens (including phenoxy) is 2. The minimum atomic E-state index is -0.488. The molecule has 150 valence electrons. The summed E-state index contributed by atoms with van der Waals surface area (Å²) < 4.78 is 29.5. The number of halogens is 1. The van der Waals surface area contributed by atoms with Crippen molar-refractivity contribution in [2.24, 2.45) is 5.92 Å². The number of esters is 1. The van der Waals surface area contributed by atoms with Gasteiger partial charge in [0, 0.05) is 13.1 Å². The van der Waals surface area contributed by atoms with Crippen molar-refractivity contribution >= 4 is 11.9 Å². The summed E-state index contributed by atoms with van der Waals surface area (Å²) >= 11 is 0. The van der Waals surface area contributed by atoms with E-state index in [1.807, 2.05) is 0 Å². The van der Waals surface area contributed by atoms with Crippen LogP contribution in [-0.4, -0.2) is 41.6 Å². The quantitative estimate of drug-likeness (QED) is 0.705. The van der Waals surface area contributed by atoms with Gasteiger partial charge in [0.05, 0.1) is 18.1 Å². The van der Waals surface area contributed by atoms with Crippen LogP contribution >= 0.6 is 0 Å². The van der Waals surface area contributed by atoms with Crippen LogP contribution in [0.1, 0.15) is 41.6 Å². The molecule has 3 rings (SSSR count). The van der Waals surface area contributed by atoms with E-state index in [4.69, 9.17) is 14.0 Å². The Morgan fingerprint density at radius 1 is 1.36 bits per heavy atom. The highest BCUT2D eigenvalue weighted by molar-refractivity contribution is 5.94. The number of rotatable bonds is 6. The Bertz CT molecular complexity index is 851. The molecule has 8 heteroatoms. The SMILES string of the molecule is CCOC(=O)C1CCCN(C(=O)c2noc(C)c2COc2ccccc2F)C1. The van der Waals surface area contributed by atoms with E-state index in [2.05, 4.69) is 5.16 Å². The van der Waals surface area contributed by atoms with E-state index >= 15 is 0 Å². The average molecular weight is 390 g/mol. The van der Waals surface area contributed by atoms with Gasteiger partial charge in [0.2, 0.25) is 0 Å². The molecule has 2 aromatic rings. The van der Waals surface area contributed by atoms with Crippen molar-refractivity contribution < 1.29 is 28.0 Å². The number of carbonyl (C=O) groups is 2. The van der Waals surface area contributed by atoms with Crippen LogP contribution in [0.15, 0.2) is 28.8 Å². The molecule has 0 bridgehead atoms. The predicted octanol–water partition coefficient (Wildman–Crippen LogP) is 3.12. The fraction of sp³-hybridized carbons (Fsp3) is 0.450. The van der Waals surface area contributed by atoms with Crippen LogP contribution in [0.4, 0.5) is 4.39 Å². The first-order valence-electron chi connectivity index (χ1n) is 9.29. The van der Waals surface area contributed by atoms with E-state index in [-0.39, 0.29) is 42.4 Å². The monoisotopic (exact) mass is 390 g/mol. The number of piperidine rings is 1. The third-order valence-corrected chi connectivity index (χ3v) is 4.72. The standard InChI is InChI=1S/C20H23FN2O5/c1-3-26-20(25)14-7-6-10-23(11-14)19(24)18-15(13(2)28-22-18)12-27-17-9-5-4-8-16(17)21/h4-5,8-9,14H,3,6-7,10-12H2,1-2H3. The molecule has 1 aliphatic heterocycles. The Balaban J connectivity index is 1.72. The van der Waals surface area contributed by atoms with Crippen molar-refractivity contribution in [2.45, 2.75) is 33.3 Å². The van der Waals surface area contributed by atoms with Crippen molar-refractivity contribution in [3.63, 3.8) is 0 Å². The zero-order chi connectivity index (χ0) is 20.1. The summed E-state index contributed by atoms with van der Waals surface area (Å²) in [6.45, 7) is 4.48. The highest BCUT2D eigenvalue weighted by atomic mass is 19.1. The first kappa shape index (κ1) is 19.9. The molecule has 7 nitrogen and oxygen atoms in total. The number of carbonyl (C=O) groups excluding carboxylic acids is 2. The van der Waals surface area contributed by atoms with Crippen LogP contribution in [0.3, 0.4) is 0 Å². The number of aromatic nitrogens is 1. The molecule has 1 atom stereocenters. The third kappa shape index (κ3) is 4.32. The highest BCUT2D eigenvalue weighted by Gasteiger charge is 2.32. The Morgan fingerprint density at radius 2 is 2.14 bits per heavy atom. The maximum Gasteiger partial charge on any atom is 0.310 e. The molecule has 2 heterocycles. The molecule has 1 aliphatic rings. The second-order valence-electron chi connectivity index (χ2n) is 6.63. The van der Waals surface area contributed by atoms with Crippen LogP contribution in [-0.2, 0) is 16.1 Å². The lowest BCUT2D eigenvalue weighted by Gasteiger charge is -2.31. The van der Waals surface area contributed by atoms with Crippen LogP contribution in [0, 0.1) is 18.7 Å². The third-order valence-electron chi connectivity index (χ3n) is 4.72. The van der Waals surface area contributed by atoms with Gasteiger partial charge in [-0.3, -0.25) is 9.59 Å². The number of aryl methyl sites for hydroxylation is 1. The zero-order valence-electron chi connectivity index (χ0n) is 15.9. The highest BCUT2D eigenvalue weighted by Crippen LogP contribution is 2.24. The van der Waals surface area contributed by atoms with Crippen molar-refractivity contribution in [3.8, 4) is 5.75 Å². The van der Waals surface area contributed by atoms with Crippen LogP contribution < -0.4 is 4.74 Å². The van der Waals surface area contributed by atoms with Crippen LogP contribution in [0.25, 0.3) is 0 Å². The largest absolute Gasteiger partial charge is 0.486 e. The average Bonchev–Trinajstić information content (AvgIpc) is 3.07. The Kier molecular flexibility index (Phi) is 6.28. The maximum absolute atomic E-state index is 13.8. The first-order valence-corrected chi connectivity index (χ1v) is 9.29. The topological polar surface area (TPSA) is 81.9 Å². The van der Waals surface area contributed by atoms with Gasteiger partial charge in [-0.25, -0.2) is 4.39 Å². The van der Waals surface area contributed by atoms with Gasteiger partial charge in [-0.05, 0) is 38.8 Å². The zero-order valence-corrected chi connectivity index (χ0v) is 15.9. The maximum atomic E-state index is 13.8. The van der Waals surface area contributed by atoms with Gasteiger partial charge in [0.15, 0.2) is 17.3 Å². The molecule has 1 fully saturated rings. The van der Waals surface area contributed by atoms with Gasteiger partial charge in [-0.1, -0.05) is 17.3 Å². The van der Waals surface area contributed by atoms with Gasteiger partial charge in [0.25, 0.3) is 5.91 Å². The molecule has 1 aromatic heterocycles. The molecule has 0 aliphatic carbocycles.